The summed E-state index contributed by atoms with van der Waals surface area (Å²) in [7, 11) is 0. The maximum absolute atomic E-state index is 13.2. The first-order valence-corrected chi connectivity index (χ1v) is 10.4. The van der Waals surface area contributed by atoms with E-state index in [1.807, 2.05) is 25.7 Å². The Labute approximate surface area is 184 Å². The Bertz CT molecular complexity index is 980. The summed E-state index contributed by atoms with van der Waals surface area (Å²) in [6.45, 7) is 8.16. The second kappa shape index (κ2) is 10.5. The summed E-state index contributed by atoms with van der Waals surface area (Å²) in [6, 6.07) is 4.14. The molecule has 0 unspecified atom stereocenters. The molecule has 1 saturated heterocycles. The van der Waals surface area contributed by atoms with Crippen LogP contribution in [0.1, 0.15) is 46.9 Å². The molecule has 3 aromatic rings. The van der Waals surface area contributed by atoms with Gasteiger partial charge in [-0.1, -0.05) is 13.8 Å². The van der Waals surface area contributed by atoms with Crippen molar-refractivity contribution in [2.24, 2.45) is 5.92 Å². The number of hydroxylamine groups is 1. The lowest BCUT2D eigenvalue weighted by atomic mass is 9.99. The molecule has 0 spiro atoms. The fourth-order valence-electron chi connectivity index (χ4n) is 3.42. The van der Waals surface area contributed by atoms with Gasteiger partial charge < -0.3 is 25.0 Å². The van der Waals surface area contributed by atoms with Gasteiger partial charge >= 0.3 is 0 Å². The highest BCUT2D eigenvalue weighted by atomic mass is 19.1. The van der Waals surface area contributed by atoms with E-state index in [4.69, 9.17) is 20.1 Å². The van der Waals surface area contributed by atoms with Crippen molar-refractivity contribution in [1.29, 1.82) is 0 Å². The van der Waals surface area contributed by atoms with Gasteiger partial charge in [-0.05, 0) is 43.9 Å². The maximum atomic E-state index is 13.2. The molecule has 0 amide bonds. The third kappa shape index (κ3) is 5.69. The highest BCUT2D eigenvalue weighted by molar-refractivity contribution is 5.82. The monoisotopic (exact) mass is 435 g/mol. The molecule has 1 fully saturated rings. The molecule has 0 saturated carbocycles. The van der Waals surface area contributed by atoms with E-state index in [0.717, 1.165) is 36.9 Å². The molecular weight excluding hydrogens is 401 g/mol. The van der Waals surface area contributed by atoms with E-state index < -0.39 is 0 Å². The van der Waals surface area contributed by atoms with Gasteiger partial charge in [-0.2, -0.15) is 5.48 Å². The number of nitrogen functional groups attached to an aromatic ring is 1. The van der Waals surface area contributed by atoms with Crippen LogP contribution in [-0.2, 0) is 4.74 Å². The molecule has 1 aromatic carbocycles. The van der Waals surface area contributed by atoms with Gasteiger partial charge in [0.15, 0.2) is 0 Å². The summed E-state index contributed by atoms with van der Waals surface area (Å²) in [5, 5.41) is 9.92. The number of ether oxygens (including phenoxy) is 1. The van der Waals surface area contributed by atoms with Crippen LogP contribution in [0.4, 0.5) is 16.0 Å². The molecule has 1 aliphatic heterocycles. The van der Waals surface area contributed by atoms with E-state index in [2.05, 4.69) is 15.4 Å². The Hall–Kier alpha value is -2.75. The quantitative estimate of drug-likeness (QED) is 0.507. The summed E-state index contributed by atoms with van der Waals surface area (Å²) in [6.07, 6.45) is 5.46. The molecule has 9 heteroatoms. The number of nitrogens with zero attached hydrogens (tertiary/aromatic N) is 3. The van der Waals surface area contributed by atoms with Crippen molar-refractivity contribution >= 4 is 22.6 Å². The van der Waals surface area contributed by atoms with Crippen molar-refractivity contribution in [3.8, 4) is 0 Å². The van der Waals surface area contributed by atoms with E-state index in [1.165, 1.54) is 12.1 Å². The third-order valence-corrected chi connectivity index (χ3v) is 5.18. The van der Waals surface area contributed by atoms with Crippen LogP contribution in [0.3, 0.4) is 0 Å². The normalized spacial score (nSPS) is 15.5. The third-order valence-electron chi connectivity index (χ3n) is 5.18. The first-order valence-electron chi connectivity index (χ1n) is 10.4. The van der Waals surface area contributed by atoms with E-state index in [1.54, 1.807) is 18.5 Å². The van der Waals surface area contributed by atoms with Crippen molar-refractivity contribution in [1.82, 2.24) is 15.4 Å². The lowest BCUT2D eigenvalue weighted by molar-refractivity contribution is 0.0940. The number of fused-ring (bicyclic) bond motifs is 1. The second-order valence-electron chi connectivity index (χ2n) is 7.91. The van der Waals surface area contributed by atoms with E-state index >= 15 is 0 Å². The average molecular weight is 436 g/mol. The number of rotatable bonds is 4. The number of nitrogens with one attached hydrogen (secondary N) is 1. The molecule has 4 N–H and O–H groups in total. The van der Waals surface area contributed by atoms with Crippen molar-refractivity contribution in [3.05, 3.63) is 47.7 Å². The van der Waals surface area contributed by atoms with Crippen molar-refractivity contribution in [2.75, 3.05) is 30.5 Å². The first-order chi connectivity index (χ1) is 14.9. The Balaban J connectivity index is 0.000000316. The lowest BCUT2D eigenvalue weighted by Crippen LogP contribution is -2.27. The average Bonchev–Trinajstić information content (AvgIpc) is 2.93. The van der Waals surface area contributed by atoms with E-state index in [-0.39, 0.29) is 20.6 Å². The van der Waals surface area contributed by atoms with Gasteiger partial charge in [-0.15, -0.1) is 0 Å². The lowest BCUT2D eigenvalue weighted by Gasteiger charge is -2.18. The Morgan fingerprint density at radius 2 is 2.00 bits per heavy atom. The van der Waals surface area contributed by atoms with Crippen molar-refractivity contribution in [3.63, 3.8) is 0 Å². The standard InChI is InChI=1S/C13H16FNO2.C9H14N4O.2H2/c1-7(2)12(15-16)13-8(3)10-6-9(14)4-5-11(10)17-13;10-8-5-11-9(12-6-8)13-3-1-2-4-14-7-13;;/h4-7,12,15-16H,1-3H3;5-6H,1-4,7,10H2;2*1H/t12-;;;/m0.../s1. The zero-order valence-electron chi connectivity index (χ0n) is 18.1. The molecule has 0 aliphatic carbocycles. The maximum Gasteiger partial charge on any atom is 0.227 e. The first kappa shape index (κ1) is 22.9. The van der Waals surface area contributed by atoms with Crippen LogP contribution in [0.25, 0.3) is 11.0 Å². The second-order valence-corrected chi connectivity index (χ2v) is 7.91. The highest BCUT2D eigenvalue weighted by Gasteiger charge is 2.22. The minimum atomic E-state index is -0.287. The van der Waals surface area contributed by atoms with Crippen LogP contribution < -0.4 is 16.1 Å². The Kier molecular flexibility index (Phi) is 7.78. The van der Waals surface area contributed by atoms with Crippen LogP contribution in [0.5, 0.6) is 0 Å². The van der Waals surface area contributed by atoms with Crippen molar-refractivity contribution in [2.45, 2.75) is 39.7 Å². The van der Waals surface area contributed by atoms with Crippen LogP contribution >= 0.6 is 0 Å². The molecule has 1 aliphatic rings. The highest BCUT2D eigenvalue weighted by Crippen LogP contribution is 2.32. The predicted octanol–water partition coefficient (Wildman–Crippen LogP) is 4.68. The SMILES string of the molecule is Cc1c([C@@H](NO)C(C)C)oc2ccc(F)cc12.Nc1cnc(N2CCCCOC2)nc1.[HH].[HH]. The molecule has 0 bridgehead atoms. The molecule has 4 rings (SSSR count). The van der Waals surface area contributed by atoms with Crippen molar-refractivity contribution < 1.29 is 21.6 Å². The van der Waals surface area contributed by atoms with Gasteiger partial charge in [0, 0.05) is 27.0 Å². The van der Waals surface area contributed by atoms with E-state index in [0.29, 0.717) is 29.7 Å². The molecule has 1 atom stereocenters. The van der Waals surface area contributed by atoms with Gasteiger partial charge in [0.25, 0.3) is 0 Å². The molecule has 3 heterocycles. The van der Waals surface area contributed by atoms with Crippen LogP contribution in [0.2, 0.25) is 0 Å². The predicted molar refractivity (Wildman–Crippen MR) is 121 cm³/mol. The summed E-state index contributed by atoms with van der Waals surface area (Å²) in [5.41, 5.74) is 9.85. The molecule has 0 radical (unpaired) electrons. The molecule has 8 nitrogen and oxygen atoms in total. The van der Waals surface area contributed by atoms with Crippen LogP contribution in [-0.4, -0.2) is 35.1 Å². The summed E-state index contributed by atoms with van der Waals surface area (Å²) in [5.74, 6) is 1.24. The number of hydrogen-bond donors (Lipinski definition) is 3. The topological polar surface area (TPSA) is 110 Å². The van der Waals surface area contributed by atoms with Gasteiger partial charge in [-0.3, -0.25) is 0 Å². The number of benzene rings is 1. The molecule has 31 heavy (non-hydrogen) atoms. The number of furan rings is 1. The number of aromatic nitrogens is 2. The number of hydrogen-bond acceptors (Lipinski definition) is 8. The molecule has 172 valence electrons. The smallest absolute Gasteiger partial charge is 0.227 e. The minimum Gasteiger partial charge on any atom is -0.459 e. The fraction of sp³-hybridized carbons (Fsp3) is 0.455. The summed E-state index contributed by atoms with van der Waals surface area (Å²) >= 11 is 0. The van der Waals surface area contributed by atoms with Gasteiger partial charge in [0.1, 0.15) is 23.9 Å². The number of anilines is 2. The Morgan fingerprint density at radius 3 is 2.68 bits per heavy atom. The molecule has 2 aromatic heterocycles. The molecular formula is C22H34FN5O3. The minimum absolute atomic E-state index is 0. The number of halogens is 1. The summed E-state index contributed by atoms with van der Waals surface area (Å²) in [4.78, 5) is 10.3. The zero-order chi connectivity index (χ0) is 22.4. The van der Waals surface area contributed by atoms with Crippen LogP contribution in [0.15, 0.2) is 35.0 Å². The Morgan fingerprint density at radius 1 is 1.26 bits per heavy atom. The van der Waals surface area contributed by atoms with Gasteiger partial charge in [-0.25, -0.2) is 14.4 Å². The number of aryl methyl sites for hydroxylation is 1. The van der Waals surface area contributed by atoms with Crippen LogP contribution in [0, 0.1) is 18.7 Å². The van der Waals surface area contributed by atoms with Gasteiger partial charge in [0.05, 0.1) is 24.1 Å². The number of nitrogens with two attached hydrogens (primary N) is 1. The summed E-state index contributed by atoms with van der Waals surface area (Å²) < 4.78 is 24.2. The van der Waals surface area contributed by atoms with E-state index in [9.17, 15) is 4.39 Å². The zero-order valence-corrected chi connectivity index (χ0v) is 18.1. The van der Waals surface area contributed by atoms with Gasteiger partial charge in [0.2, 0.25) is 5.95 Å². The fourth-order valence-corrected chi connectivity index (χ4v) is 3.42. The largest absolute Gasteiger partial charge is 0.459 e.